The smallest absolute Gasteiger partial charge is 0.166 e. The van der Waals surface area contributed by atoms with Crippen molar-refractivity contribution < 1.29 is 0 Å². The number of fused-ring (bicyclic) bond motifs is 2. The molecule has 0 bridgehead atoms. The zero-order valence-corrected chi connectivity index (χ0v) is 20.9. The van der Waals surface area contributed by atoms with Gasteiger partial charge in [0.2, 0.25) is 0 Å². The van der Waals surface area contributed by atoms with Crippen molar-refractivity contribution in [2.75, 3.05) is 36.8 Å². The molecule has 2 heterocycles. The van der Waals surface area contributed by atoms with Crippen LogP contribution in [0.4, 0.5) is 11.4 Å². The fourth-order valence-corrected chi connectivity index (χ4v) is 4.18. The fraction of sp³-hybridized carbons (Fsp3) is 0.240. The quantitative estimate of drug-likeness (QED) is 0.156. The largest absolute Gasteiger partial charge is 0.384 e. The van der Waals surface area contributed by atoms with E-state index in [0.717, 1.165) is 72.2 Å². The first-order valence-corrected chi connectivity index (χ1v) is 12.3. The highest BCUT2D eigenvalue weighted by atomic mass is 35.5. The van der Waals surface area contributed by atoms with Gasteiger partial charge >= 0.3 is 0 Å². The minimum atomic E-state index is 0.674. The van der Waals surface area contributed by atoms with E-state index in [4.69, 9.17) is 35.4 Å². The average molecular weight is 513 g/mol. The van der Waals surface area contributed by atoms with Crippen molar-refractivity contribution in [2.24, 2.45) is 0 Å². The minimum Gasteiger partial charge on any atom is -0.384 e. The standard InChI is InChI=1S/C25H26Cl2N6S/c26-17-3-5-19-21(7-13-30-23(19)15-17)28-9-1-11-32-25(34)33-12-2-10-29-22-8-14-31-24-16-18(27)4-6-20(22)24/h3-8,13-16H,1-2,9-12H2,(H,28,30)(H,29,31)(H2,32,33,34). The molecule has 0 unspecified atom stereocenters. The maximum Gasteiger partial charge on any atom is 0.166 e. The zero-order chi connectivity index (χ0) is 23.8. The first-order valence-electron chi connectivity index (χ1n) is 11.2. The Labute approximate surface area is 214 Å². The molecule has 2 aromatic heterocycles. The molecule has 0 radical (unpaired) electrons. The molecule has 0 saturated carbocycles. The van der Waals surface area contributed by atoms with E-state index >= 15 is 0 Å². The number of nitrogens with zero attached hydrogens (tertiary/aromatic N) is 2. The Hall–Kier alpha value is -2.87. The highest BCUT2D eigenvalue weighted by Crippen LogP contribution is 2.25. The van der Waals surface area contributed by atoms with Gasteiger partial charge in [-0.1, -0.05) is 23.2 Å². The molecule has 0 fully saturated rings. The topological polar surface area (TPSA) is 73.9 Å². The van der Waals surface area contributed by atoms with E-state index in [9.17, 15) is 0 Å². The fourth-order valence-electron chi connectivity index (χ4n) is 3.64. The van der Waals surface area contributed by atoms with Crippen molar-refractivity contribution in [3.8, 4) is 0 Å². The minimum absolute atomic E-state index is 0.674. The third-order valence-corrected chi connectivity index (χ3v) is 6.08. The summed E-state index contributed by atoms with van der Waals surface area (Å²) in [5.74, 6) is 0. The summed E-state index contributed by atoms with van der Waals surface area (Å²) in [5.41, 5.74) is 3.88. The van der Waals surface area contributed by atoms with Gasteiger partial charge in [-0.3, -0.25) is 9.97 Å². The molecule has 34 heavy (non-hydrogen) atoms. The molecule has 0 spiro atoms. The van der Waals surface area contributed by atoms with Crippen LogP contribution < -0.4 is 21.3 Å². The lowest BCUT2D eigenvalue weighted by molar-refractivity contribution is 0.755. The van der Waals surface area contributed by atoms with E-state index < -0.39 is 0 Å². The van der Waals surface area contributed by atoms with E-state index in [1.807, 2.05) is 48.5 Å². The Morgan fingerprint density at radius 3 is 1.62 bits per heavy atom. The first-order chi connectivity index (χ1) is 16.6. The molecule has 0 aliphatic rings. The normalized spacial score (nSPS) is 10.9. The molecule has 6 nitrogen and oxygen atoms in total. The molecule has 4 N–H and O–H groups in total. The maximum absolute atomic E-state index is 6.06. The Morgan fingerprint density at radius 1 is 0.676 bits per heavy atom. The van der Waals surface area contributed by atoms with Gasteiger partial charge in [0.25, 0.3) is 0 Å². The number of rotatable bonds is 10. The summed E-state index contributed by atoms with van der Waals surface area (Å²) in [6.45, 7) is 3.23. The van der Waals surface area contributed by atoms with Gasteiger partial charge in [-0.2, -0.15) is 0 Å². The van der Waals surface area contributed by atoms with Crippen LogP contribution in [0.2, 0.25) is 10.0 Å². The van der Waals surface area contributed by atoms with E-state index in [-0.39, 0.29) is 0 Å². The van der Waals surface area contributed by atoms with Crippen LogP contribution in [-0.4, -0.2) is 41.3 Å². The molecule has 0 amide bonds. The number of pyridine rings is 2. The van der Waals surface area contributed by atoms with Gasteiger partial charge in [0.05, 0.1) is 11.0 Å². The highest BCUT2D eigenvalue weighted by Gasteiger charge is 2.04. The number of anilines is 2. The predicted molar refractivity (Wildman–Crippen MR) is 148 cm³/mol. The summed E-state index contributed by atoms with van der Waals surface area (Å²) in [5, 5.41) is 17.6. The van der Waals surface area contributed by atoms with Crippen LogP contribution in [0, 0.1) is 0 Å². The second-order valence-electron chi connectivity index (χ2n) is 7.78. The molecule has 176 valence electrons. The Morgan fingerprint density at radius 2 is 1.15 bits per heavy atom. The van der Waals surface area contributed by atoms with Gasteiger partial charge in [0, 0.05) is 70.8 Å². The average Bonchev–Trinajstić information content (AvgIpc) is 2.83. The van der Waals surface area contributed by atoms with Crippen LogP contribution >= 0.6 is 35.4 Å². The van der Waals surface area contributed by atoms with Crippen LogP contribution in [0.15, 0.2) is 60.9 Å². The number of nitrogens with one attached hydrogen (secondary N) is 4. The van der Waals surface area contributed by atoms with Gasteiger partial charge in [0.1, 0.15) is 0 Å². The summed E-state index contributed by atoms with van der Waals surface area (Å²) >= 11 is 17.5. The van der Waals surface area contributed by atoms with Crippen LogP contribution in [0.25, 0.3) is 21.8 Å². The number of halogens is 2. The maximum atomic E-state index is 6.06. The van der Waals surface area contributed by atoms with Gasteiger partial charge in [-0.15, -0.1) is 0 Å². The monoisotopic (exact) mass is 512 g/mol. The van der Waals surface area contributed by atoms with E-state index in [1.54, 1.807) is 12.4 Å². The van der Waals surface area contributed by atoms with Crippen LogP contribution in [0.3, 0.4) is 0 Å². The van der Waals surface area contributed by atoms with E-state index in [1.165, 1.54) is 0 Å². The third-order valence-electron chi connectivity index (χ3n) is 5.32. The Bertz CT molecular complexity index is 1190. The van der Waals surface area contributed by atoms with Crippen molar-refractivity contribution >= 4 is 73.7 Å². The van der Waals surface area contributed by atoms with Crippen molar-refractivity contribution in [3.63, 3.8) is 0 Å². The van der Waals surface area contributed by atoms with Gasteiger partial charge in [-0.05, 0) is 73.6 Å². The first kappa shape index (κ1) is 24.3. The number of aromatic nitrogens is 2. The van der Waals surface area contributed by atoms with Crippen molar-refractivity contribution in [3.05, 3.63) is 71.0 Å². The molecule has 9 heteroatoms. The Kier molecular flexibility index (Phi) is 8.57. The molecule has 0 atom stereocenters. The molecule has 0 aliphatic heterocycles. The van der Waals surface area contributed by atoms with Gasteiger partial charge < -0.3 is 21.3 Å². The van der Waals surface area contributed by atoms with Crippen molar-refractivity contribution in [1.29, 1.82) is 0 Å². The molecule has 0 saturated heterocycles. The molecular formula is C25H26Cl2N6S. The molecule has 4 rings (SSSR count). The van der Waals surface area contributed by atoms with Crippen molar-refractivity contribution in [2.45, 2.75) is 12.8 Å². The van der Waals surface area contributed by atoms with Gasteiger partial charge in [-0.25, -0.2) is 0 Å². The number of hydrogen-bond acceptors (Lipinski definition) is 5. The lowest BCUT2D eigenvalue weighted by atomic mass is 10.2. The number of benzene rings is 2. The summed E-state index contributed by atoms with van der Waals surface area (Å²) in [4.78, 5) is 8.74. The van der Waals surface area contributed by atoms with E-state index in [0.29, 0.717) is 15.2 Å². The molecular weight excluding hydrogens is 487 g/mol. The third kappa shape index (κ3) is 6.59. The van der Waals surface area contributed by atoms with Crippen LogP contribution in [0.5, 0.6) is 0 Å². The van der Waals surface area contributed by atoms with Gasteiger partial charge in [0.15, 0.2) is 5.11 Å². The summed E-state index contributed by atoms with van der Waals surface area (Å²) < 4.78 is 0. The molecule has 2 aromatic carbocycles. The Balaban J connectivity index is 1.11. The molecule has 0 aliphatic carbocycles. The molecule has 4 aromatic rings. The van der Waals surface area contributed by atoms with Crippen LogP contribution in [-0.2, 0) is 0 Å². The SMILES string of the molecule is S=C(NCCCNc1ccnc2cc(Cl)ccc12)NCCCNc1ccnc2cc(Cl)ccc12. The highest BCUT2D eigenvalue weighted by molar-refractivity contribution is 7.80. The lowest BCUT2D eigenvalue weighted by Crippen LogP contribution is -2.37. The van der Waals surface area contributed by atoms with E-state index in [2.05, 4.69) is 31.2 Å². The number of thiocarbonyl (C=S) groups is 1. The summed E-state index contributed by atoms with van der Waals surface area (Å²) in [6.07, 6.45) is 5.44. The second kappa shape index (κ2) is 12.0. The summed E-state index contributed by atoms with van der Waals surface area (Å²) in [6, 6.07) is 15.5. The number of hydrogen-bond donors (Lipinski definition) is 4. The predicted octanol–water partition coefficient (Wildman–Crippen LogP) is 5.86. The van der Waals surface area contributed by atoms with Crippen molar-refractivity contribution in [1.82, 2.24) is 20.6 Å². The zero-order valence-electron chi connectivity index (χ0n) is 18.6. The summed E-state index contributed by atoms with van der Waals surface area (Å²) in [7, 11) is 0. The second-order valence-corrected chi connectivity index (χ2v) is 9.06. The lowest BCUT2D eigenvalue weighted by Gasteiger charge is -2.13. The van der Waals surface area contributed by atoms with Crippen LogP contribution in [0.1, 0.15) is 12.8 Å².